The van der Waals surface area contributed by atoms with Crippen molar-refractivity contribution in [3.8, 4) is 11.1 Å². The standard InChI is InChI=1S/C38H56FN2O8P/c1-11-47-50(46)24-23-40(26-28-19-20-29(39)25-30(28)27-17-13-12-14-18-27)31(35(2,3)4)38(50,32(42)43)21-15-16-22-41(33(44)48-36(5,6)7)34(45)49-37(8,9)10/h12-14,17-20,25,31H,11,15-16,21-24,26H2,1-10H3,(H,42,43). The van der Waals surface area contributed by atoms with E-state index in [2.05, 4.69) is 4.90 Å². The Morgan fingerprint density at radius 2 is 1.52 bits per heavy atom. The minimum absolute atomic E-state index is 0.0174. The number of unbranched alkanes of at least 4 members (excludes halogenated alkanes) is 1. The van der Waals surface area contributed by atoms with Gasteiger partial charge in [0.25, 0.3) is 0 Å². The number of carbonyl (C=O) groups is 3. The Labute approximate surface area is 297 Å². The largest absolute Gasteiger partial charge is 0.480 e. The third-order valence-corrected chi connectivity index (χ3v) is 11.9. The van der Waals surface area contributed by atoms with Gasteiger partial charge in [0.2, 0.25) is 7.37 Å². The quantitative estimate of drug-likeness (QED) is 0.179. The lowest BCUT2D eigenvalue weighted by Crippen LogP contribution is -2.66. The fourth-order valence-electron chi connectivity index (χ4n) is 6.92. The van der Waals surface area contributed by atoms with Gasteiger partial charge in [-0.15, -0.1) is 0 Å². The highest BCUT2D eigenvalue weighted by Crippen LogP contribution is 2.67. The number of hydrogen-bond acceptors (Lipinski definition) is 8. The van der Waals surface area contributed by atoms with E-state index in [1.165, 1.54) is 12.1 Å². The number of hydrogen-bond donors (Lipinski definition) is 1. The van der Waals surface area contributed by atoms with Crippen LogP contribution in [0.3, 0.4) is 0 Å². The summed E-state index contributed by atoms with van der Waals surface area (Å²) in [6.45, 7) is 18.2. The predicted octanol–water partition coefficient (Wildman–Crippen LogP) is 9.20. The summed E-state index contributed by atoms with van der Waals surface area (Å²) in [6.07, 6.45) is -1.36. The van der Waals surface area contributed by atoms with Crippen LogP contribution in [0.15, 0.2) is 48.5 Å². The van der Waals surface area contributed by atoms with Crippen molar-refractivity contribution in [2.75, 3.05) is 25.9 Å². The van der Waals surface area contributed by atoms with Crippen molar-refractivity contribution in [1.29, 1.82) is 0 Å². The average molecular weight is 719 g/mol. The molecule has 2 aromatic rings. The van der Waals surface area contributed by atoms with Crippen molar-refractivity contribution in [2.45, 2.75) is 117 Å². The monoisotopic (exact) mass is 718 g/mol. The second-order valence-electron chi connectivity index (χ2n) is 16.0. The highest BCUT2D eigenvalue weighted by Gasteiger charge is 2.66. The third-order valence-electron chi connectivity index (χ3n) is 8.58. The topological polar surface area (TPSA) is 123 Å². The smallest absolute Gasteiger partial charge is 0.419 e. The zero-order chi connectivity index (χ0) is 37.7. The van der Waals surface area contributed by atoms with Gasteiger partial charge in [-0.2, -0.15) is 0 Å². The van der Waals surface area contributed by atoms with Crippen molar-refractivity contribution in [1.82, 2.24) is 9.80 Å². The van der Waals surface area contributed by atoms with Gasteiger partial charge in [-0.3, -0.25) is 14.3 Å². The molecule has 1 aliphatic heterocycles. The molecule has 1 saturated heterocycles. The van der Waals surface area contributed by atoms with Gasteiger partial charge in [0, 0.05) is 31.8 Å². The number of rotatable bonds is 11. The Hall–Kier alpha value is -3.27. The number of imide groups is 1. The number of amides is 2. The van der Waals surface area contributed by atoms with Crippen LogP contribution in [0.25, 0.3) is 11.1 Å². The minimum atomic E-state index is -3.84. The summed E-state index contributed by atoms with van der Waals surface area (Å²) < 4.78 is 46.5. The first-order chi connectivity index (χ1) is 23.0. The molecule has 0 aromatic heterocycles. The van der Waals surface area contributed by atoms with Crippen LogP contribution in [0.2, 0.25) is 0 Å². The molecule has 0 spiro atoms. The zero-order valence-electron chi connectivity index (χ0n) is 31.4. The Kier molecular flexibility index (Phi) is 13.1. The van der Waals surface area contributed by atoms with Crippen LogP contribution < -0.4 is 0 Å². The maximum atomic E-state index is 14.9. The van der Waals surface area contributed by atoms with E-state index in [0.717, 1.165) is 16.0 Å². The minimum Gasteiger partial charge on any atom is -0.480 e. The molecule has 3 atom stereocenters. The summed E-state index contributed by atoms with van der Waals surface area (Å²) in [6, 6.07) is 13.3. The van der Waals surface area contributed by atoms with Gasteiger partial charge < -0.3 is 19.1 Å². The summed E-state index contributed by atoms with van der Waals surface area (Å²) in [5.41, 5.74) is -0.101. The number of halogens is 1. The molecule has 0 aliphatic carbocycles. The van der Waals surface area contributed by atoms with Crippen LogP contribution in [-0.4, -0.2) is 81.3 Å². The van der Waals surface area contributed by atoms with Crippen LogP contribution in [0, 0.1) is 11.2 Å². The van der Waals surface area contributed by atoms with Gasteiger partial charge in [-0.05, 0) is 102 Å². The number of carboxylic acids is 1. The van der Waals surface area contributed by atoms with Gasteiger partial charge in [-0.1, -0.05) is 57.2 Å². The van der Waals surface area contributed by atoms with Crippen LogP contribution in [0.4, 0.5) is 14.0 Å². The molecule has 0 bridgehead atoms. The van der Waals surface area contributed by atoms with E-state index in [0.29, 0.717) is 18.7 Å². The lowest BCUT2D eigenvalue weighted by atomic mass is 9.74. The lowest BCUT2D eigenvalue weighted by molar-refractivity contribution is -0.146. The molecule has 3 rings (SSSR count). The number of aliphatic carboxylic acids is 1. The number of carboxylic acid groups (broad SMARTS) is 1. The fourth-order valence-corrected chi connectivity index (χ4v) is 10.3. The van der Waals surface area contributed by atoms with Crippen molar-refractivity contribution >= 4 is 25.5 Å². The Morgan fingerprint density at radius 3 is 2.02 bits per heavy atom. The summed E-state index contributed by atoms with van der Waals surface area (Å²) in [4.78, 5) is 42.9. The highest BCUT2D eigenvalue weighted by atomic mass is 31.2. The number of benzene rings is 2. The summed E-state index contributed by atoms with van der Waals surface area (Å²) in [5.74, 6) is -1.61. The van der Waals surface area contributed by atoms with E-state index < -0.39 is 53.3 Å². The lowest BCUT2D eigenvalue weighted by Gasteiger charge is -2.55. The van der Waals surface area contributed by atoms with Gasteiger partial charge in [0.1, 0.15) is 17.0 Å². The van der Waals surface area contributed by atoms with Crippen LogP contribution in [-0.2, 0) is 29.9 Å². The summed E-state index contributed by atoms with van der Waals surface area (Å²) in [7, 11) is -3.84. The Bertz CT molecular complexity index is 1520. The Morgan fingerprint density at radius 1 is 0.940 bits per heavy atom. The molecular weight excluding hydrogens is 662 g/mol. The first kappa shape index (κ1) is 41.2. The van der Waals surface area contributed by atoms with Gasteiger partial charge in [0.05, 0.1) is 6.61 Å². The van der Waals surface area contributed by atoms with Crippen molar-refractivity contribution in [3.05, 3.63) is 59.9 Å². The molecule has 1 heterocycles. The molecule has 0 radical (unpaired) electrons. The summed E-state index contributed by atoms with van der Waals surface area (Å²) >= 11 is 0. The average Bonchev–Trinajstić information content (AvgIpc) is 2.97. The van der Waals surface area contributed by atoms with Gasteiger partial charge in [0.15, 0.2) is 5.16 Å². The van der Waals surface area contributed by atoms with E-state index in [-0.39, 0.29) is 44.4 Å². The predicted molar refractivity (Wildman–Crippen MR) is 193 cm³/mol. The molecule has 1 aliphatic rings. The maximum absolute atomic E-state index is 14.9. The van der Waals surface area contributed by atoms with Crippen LogP contribution in [0.1, 0.15) is 94.1 Å². The molecule has 1 fully saturated rings. The number of ether oxygens (including phenoxy) is 2. The SMILES string of the molecule is CCOP1(=O)CCN(Cc2ccc(F)cc2-c2ccccc2)C(C(C)(C)C)C1(CCCCN(C(=O)OC(C)(C)C)C(=O)OC(C)(C)C)C(=O)O. The second kappa shape index (κ2) is 16.0. The molecular formula is C38H56FN2O8P. The first-order valence-electron chi connectivity index (χ1n) is 17.3. The molecule has 2 aromatic carbocycles. The first-order valence-corrected chi connectivity index (χ1v) is 19.1. The van der Waals surface area contributed by atoms with Crippen molar-refractivity contribution in [2.24, 2.45) is 5.41 Å². The summed E-state index contributed by atoms with van der Waals surface area (Å²) in [5, 5.41) is 9.37. The third kappa shape index (κ3) is 9.95. The van der Waals surface area contributed by atoms with E-state index in [1.54, 1.807) is 54.5 Å². The van der Waals surface area contributed by atoms with E-state index >= 15 is 0 Å². The molecule has 10 nitrogen and oxygen atoms in total. The molecule has 0 saturated carbocycles. The fraction of sp³-hybridized carbons (Fsp3) is 0.605. The van der Waals surface area contributed by atoms with E-state index in [1.807, 2.05) is 51.1 Å². The molecule has 278 valence electrons. The second-order valence-corrected chi connectivity index (χ2v) is 18.9. The molecule has 3 unspecified atom stereocenters. The molecule has 50 heavy (non-hydrogen) atoms. The zero-order valence-corrected chi connectivity index (χ0v) is 32.3. The number of carbonyl (C=O) groups excluding carboxylic acids is 2. The van der Waals surface area contributed by atoms with E-state index in [4.69, 9.17) is 14.0 Å². The maximum Gasteiger partial charge on any atom is 0.419 e. The normalized spacial score (nSPS) is 21.8. The van der Waals surface area contributed by atoms with Crippen molar-refractivity contribution in [3.63, 3.8) is 0 Å². The van der Waals surface area contributed by atoms with Crippen LogP contribution in [0.5, 0.6) is 0 Å². The molecule has 12 heteroatoms. The van der Waals surface area contributed by atoms with E-state index in [9.17, 15) is 28.4 Å². The molecule has 2 amide bonds. The van der Waals surface area contributed by atoms with Gasteiger partial charge >= 0.3 is 18.2 Å². The van der Waals surface area contributed by atoms with Crippen molar-refractivity contribution < 1.29 is 42.4 Å². The highest BCUT2D eigenvalue weighted by molar-refractivity contribution is 7.62. The Balaban J connectivity index is 2.03. The van der Waals surface area contributed by atoms with Crippen LogP contribution >= 0.6 is 7.37 Å². The van der Waals surface area contributed by atoms with Gasteiger partial charge in [-0.25, -0.2) is 18.9 Å². The molecule has 1 N–H and O–H groups in total. The number of nitrogens with zero attached hydrogens (tertiary/aromatic N) is 2.